The second-order valence-corrected chi connectivity index (χ2v) is 11.1. The molecule has 1 amide bonds. The Morgan fingerprint density at radius 3 is 2.09 bits per heavy atom. The van der Waals surface area contributed by atoms with Crippen LogP contribution < -0.4 is 10.1 Å². The Hall–Kier alpha value is -5.76. The zero-order valence-corrected chi connectivity index (χ0v) is 26.3. The summed E-state index contributed by atoms with van der Waals surface area (Å²) in [7, 11) is 0. The van der Waals surface area contributed by atoms with Gasteiger partial charge in [0.15, 0.2) is 16.9 Å². The number of aliphatic imine (C=N–C) groups is 1. The molecule has 0 heterocycles. The third-order valence-electron chi connectivity index (χ3n) is 6.57. The van der Waals surface area contributed by atoms with Gasteiger partial charge in [0, 0.05) is 24.1 Å². The maximum Gasteiger partial charge on any atom is 0.417 e. The fourth-order valence-electron chi connectivity index (χ4n) is 3.74. The monoisotopic (exact) mass is 646 g/mol. The summed E-state index contributed by atoms with van der Waals surface area (Å²) in [6.07, 6.45) is -0.0476. The van der Waals surface area contributed by atoms with Crippen molar-refractivity contribution in [1.29, 1.82) is 10.5 Å². The number of Topliss-reactive ketones (excluding diaryl/α,β-unsaturated/α-hetero) is 1. The first kappa shape index (κ1) is 37.4. The van der Waals surface area contributed by atoms with Gasteiger partial charge in [-0.2, -0.15) is 25.7 Å². The van der Waals surface area contributed by atoms with Crippen LogP contribution in [0.3, 0.4) is 0 Å². The van der Waals surface area contributed by atoms with E-state index in [9.17, 15) is 34.5 Å². The van der Waals surface area contributed by atoms with Crippen molar-refractivity contribution in [2.45, 2.75) is 70.1 Å². The second-order valence-electron chi connectivity index (χ2n) is 11.1. The van der Waals surface area contributed by atoms with Gasteiger partial charge in [-0.05, 0) is 83.0 Å². The predicted molar refractivity (Wildman–Crippen MR) is 165 cm³/mol. The first-order chi connectivity index (χ1) is 22.1. The highest BCUT2D eigenvalue weighted by molar-refractivity contribution is 6.02. The van der Waals surface area contributed by atoms with Crippen molar-refractivity contribution in [1.82, 2.24) is 0 Å². The van der Waals surface area contributed by atoms with Gasteiger partial charge in [-0.25, -0.2) is 9.59 Å². The summed E-state index contributed by atoms with van der Waals surface area (Å²) in [5, 5.41) is 38.1. The van der Waals surface area contributed by atoms with Crippen LogP contribution in [0, 0.1) is 22.7 Å². The number of carbonyl (C=O) groups is 4. The number of carbonyl (C=O) groups excluding carboxylic acids is 4. The molecule has 0 aromatic heterocycles. The van der Waals surface area contributed by atoms with Gasteiger partial charge in [-0.1, -0.05) is 6.07 Å². The van der Waals surface area contributed by atoms with Crippen molar-refractivity contribution < 1.29 is 43.3 Å². The zero-order valence-electron chi connectivity index (χ0n) is 26.3. The molecule has 0 aliphatic heterocycles. The molecule has 15 heteroatoms. The van der Waals surface area contributed by atoms with Crippen LogP contribution in [0.25, 0.3) is 0 Å². The average molecular weight is 647 g/mol. The normalized spacial score (nSPS) is 13.5. The van der Waals surface area contributed by atoms with Crippen LogP contribution in [0.5, 0.6) is 5.75 Å². The molecule has 2 aromatic carbocycles. The van der Waals surface area contributed by atoms with Gasteiger partial charge in [-0.15, -0.1) is 0 Å². The number of ketones is 1. The van der Waals surface area contributed by atoms with Crippen molar-refractivity contribution in [2.75, 3.05) is 18.5 Å². The molecule has 15 nitrogen and oxygen atoms in total. The van der Waals surface area contributed by atoms with Crippen LogP contribution in [-0.4, -0.2) is 64.9 Å². The molecule has 2 unspecified atom stereocenters. The first-order valence-corrected chi connectivity index (χ1v) is 14.2. The number of ether oxygens (including phenoxy) is 3. The number of benzene rings is 2. The quantitative estimate of drug-likeness (QED) is 0.0548. The third kappa shape index (κ3) is 12.6. The highest BCUT2D eigenvalue weighted by Crippen LogP contribution is 2.24. The molecule has 0 bridgehead atoms. The van der Waals surface area contributed by atoms with Crippen LogP contribution in [0.1, 0.15) is 63.7 Å². The highest BCUT2D eigenvalue weighted by Gasteiger charge is 2.31. The number of azo groups is 1. The van der Waals surface area contributed by atoms with Crippen LogP contribution in [0.2, 0.25) is 0 Å². The van der Waals surface area contributed by atoms with Crippen LogP contribution in [-0.2, 0) is 23.9 Å². The fraction of sp³-hybridized carbons (Fsp3) is 0.406. The lowest BCUT2D eigenvalue weighted by atomic mass is 9.96. The van der Waals surface area contributed by atoms with Gasteiger partial charge in [0.25, 0.3) is 0 Å². The van der Waals surface area contributed by atoms with Crippen LogP contribution in [0.4, 0.5) is 16.2 Å². The number of nitrogens with one attached hydrogen (secondary N) is 1. The number of carboxylic acids is 1. The Bertz CT molecular complexity index is 1620. The summed E-state index contributed by atoms with van der Waals surface area (Å²) >= 11 is 0. The highest BCUT2D eigenvalue weighted by atomic mass is 16.6. The molecular weight excluding hydrogens is 612 g/mol. The summed E-state index contributed by atoms with van der Waals surface area (Å²) in [5.74, 6) is -1.96. The molecule has 0 aliphatic carbocycles. The summed E-state index contributed by atoms with van der Waals surface area (Å²) in [6.45, 7) is 5.65. The van der Waals surface area contributed by atoms with Crippen LogP contribution in [0.15, 0.2) is 63.8 Å². The van der Waals surface area contributed by atoms with E-state index in [-0.39, 0.29) is 56.0 Å². The molecule has 0 saturated carbocycles. The van der Waals surface area contributed by atoms with E-state index in [1.165, 1.54) is 50.3 Å². The van der Waals surface area contributed by atoms with Gasteiger partial charge in [0.1, 0.15) is 18.0 Å². The minimum absolute atomic E-state index is 0.0673. The van der Waals surface area contributed by atoms with E-state index < -0.39 is 34.7 Å². The molecule has 0 aliphatic rings. The average Bonchev–Trinajstić information content (AvgIpc) is 3.04. The Morgan fingerprint density at radius 1 is 0.894 bits per heavy atom. The molecule has 0 radical (unpaired) electrons. The number of nitrogens with zero attached hydrogens (tertiary/aromatic N) is 5. The SMILES string of the molecule is CC(C#N)(CCC(=O)O)N=NC(C)(C#N)CCC(=O)OCCOC(C)(C)C(=O)c1ccc(OC(=O)Nc2cccc(N=C=O)c2)cc1. The molecule has 2 rings (SSSR count). The summed E-state index contributed by atoms with van der Waals surface area (Å²) in [5.41, 5.74) is -3.25. The van der Waals surface area contributed by atoms with Crippen molar-refractivity contribution in [2.24, 2.45) is 15.2 Å². The van der Waals surface area contributed by atoms with Crippen LogP contribution >= 0.6 is 0 Å². The van der Waals surface area contributed by atoms with Crippen molar-refractivity contribution in [3.05, 3.63) is 54.1 Å². The Labute approximate surface area is 270 Å². The largest absolute Gasteiger partial charge is 0.481 e. The standard InChI is InChI=1S/C32H34N6O9/c1-30(2,28(43)22-8-10-25(11-9-22)47-29(44)36-24-7-5-6-23(18-24)35-21-39)46-17-16-45-27(42)13-15-32(4,20-34)38-37-31(3,19-33)14-12-26(40)41/h5-11,18H,12-17H2,1-4H3,(H,36,44)(H,40,41). The van der Waals surface area contributed by atoms with E-state index in [4.69, 9.17) is 19.3 Å². The molecule has 2 N–H and O–H groups in total. The lowest BCUT2D eigenvalue weighted by Gasteiger charge is -2.24. The van der Waals surface area contributed by atoms with E-state index in [1.807, 2.05) is 12.1 Å². The minimum Gasteiger partial charge on any atom is -0.481 e. The number of nitriles is 2. The smallest absolute Gasteiger partial charge is 0.417 e. The topological polar surface area (TPSA) is 230 Å². The summed E-state index contributed by atoms with van der Waals surface area (Å²) in [4.78, 5) is 62.3. The number of amides is 1. The first-order valence-electron chi connectivity index (χ1n) is 14.2. The lowest BCUT2D eigenvalue weighted by molar-refractivity contribution is -0.146. The van der Waals surface area contributed by atoms with Crippen molar-refractivity contribution >= 4 is 41.3 Å². The number of carboxylic acid groups (broad SMARTS) is 1. The van der Waals surface area contributed by atoms with E-state index >= 15 is 0 Å². The summed E-state index contributed by atoms with van der Waals surface area (Å²) in [6, 6.07) is 15.8. The van der Waals surface area contributed by atoms with E-state index in [0.717, 1.165) is 0 Å². The third-order valence-corrected chi connectivity index (χ3v) is 6.57. The Balaban J connectivity index is 1.83. The molecular formula is C32H34N6O9. The van der Waals surface area contributed by atoms with Crippen molar-refractivity contribution in [3.63, 3.8) is 0 Å². The molecule has 0 spiro atoms. The lowest BCUT2D eigenvalue weighted by Crippen LogP contribution is -2.36. The number of hydrogen-bond donors (Lipinski definition) is 2. The second kappa shape index (κ2) is 17.1. The van der Waals surface area contributed by atoms with E-state index in [0.29, 0.717) is 11.4 Å². The number of hydrogen-bond acceptors (Lipinski definition) is 13. The molecule has 2 atom stereocenters. The van der Waals surface area contributed by atoms with Gasteiger partial charge in [0.2, 0.25) is 6.08 Å². The molecule has 47 heavy (non-hydrogen) atoms. The fourth-order valence-corrected chi connectivity index (χ4v) is 3.74. The van der Waals surface area contributed by atoms with Gasteiger partial charge in [-0.3, -0.25) is 19.7 Å². The Morgan fingerprint density at radius 2 is 1.51 bits per heavy atom. The molecule has 0 saturated heterocycles. The number of isocyanates is 1. The number of aliphatic carboxylic acids is 1. The maximum absolute atomic E-state index is 13.0. The van der Waals surface area contributed by atoms with Gasteiger partial charge < -0.3 is 19.3 Å². The number of anilines is 1. The summed E-state index contributed by atoms with van der Waals surface area (Å²) < 4.78 is 16.1. The predicted octanol–water partition coefficient (Wildman–Crippen LogP) is 5.45. The number of esters is 1. The van der Waals surface area contributed by atoms with Gasteiger partial charge in [0.05, 0.1) is 24.4 Å². The molecule has 246 valence electrons. The maximum atomic E-state index is 13.0. The van der Waals surface area contributed by atoms with E-state index in [2.05, 4.69) is 20.5 Å². The number of rotatable bonds is 17. The van der Waals surface area contributed by atoms with Crippen molar-refractivity contribution in [3.8, 4) is 17.9 Å². The molecule has 0 fully saturated rings. The van der Waals surface area contributed by atoms with Gasteiger partial charge >= 0.3 is 18.0 Å². The zero-order chi connectivity index (χ0) is 35.1. The Kier molecular flexibility index (Phi) is 13.6. The van der Waals surface area contributed by atoms with E-state index in [1.54, 1.807) is 32.0 Å². The molecule has 2 aromatic rings. The minimum atomic E-state index is -1.45.